The molecule has 0 aliphatic rings. The highest BCUT2D eigenvalue weighted by Crippen LogP contribution is 2.26. The topological polar surface area (TPSA) is 60.2 Å². The Morgan fingerprint density at radius 1 is 1.10 bits per heavy atom. The number of thioether (sulfide) groups is 1. The molecular weight excluding hydrogens is 309 g/mol. The first-order valence-electron chi connectivity index (χ1n) is 6.31. The fourth-order valence-electron chi connectivity index (χ4n) is 1.85. The van der Waals surface area contributed by atoms with Gasteiger partial charge in [-0.25, -0.2) is 12.8 Å². The molecular formula is C15H16FNO2S2. The van der Waals surface area contributed by atoms with Crippen molar-refractivity contribution < 1.29 is 12.8 Å². The molecule has 3 nitrogen and oxygen atoms in total. The predicted molar refractivity (Wildman–Crippen MR) is 83.4 cm³/mol. The Kier molecular flexibility index (Phi) is 5.03. The number of hydrogen-bond donors (Lipinski definition) is 1. The van der Waals surface area contributed by atoms with Crippen molar-refractivity contribution in [2.24, 2.45) is 5.73 Å². The molecule has 2 aromatic carbocycles. The molecule has 6 heteroatoms. The van der Waals surface area contributed by atoms with E-state index in [9.17, 15) is 12.8 Å². The van der Waals surface area contributed by atoms with Crippen molar-refractivity contribution >= 4 is 21.6 Å². The lowest BCUT2D eigenvalue weighted by atomic mass is 10.1. The summed E-state index contributed by atoms with van der Waals surface area (Å²) in [6, 6.07) is 11.8. The van der Waals surface area contributed by atoms with E-state index in [0.29, 0.717) is 16.9 Å². The maximum absolute atomic E-state index is 14.0. The van der Waals surface area contributed by atoms with Crippen LogP contribution in [0.25, 0.3) is 0 Å². The molecule has 0 atom stereocenters. The molecule has 0 saturated heterocycles. The lowest BCUT2D eigenvalue weighted by Crippen LogP contribution is -2.02. The molecule has 112 valence electrons. The minimum Gasteiger partial charge on any atom is -0.326 e. The van der Waals surface area contributed by atoms with Gasteiger partial charge in [-0.1, -0.05) is 18.2 Å². The zero-order valence-electron chi connectivity index (χ0n) is 11.5. The summed E-state index contributed by atoms with van der Waals surface area (Å²) in [5.41, 5.74) is 6.57. The summed E-state index contributed by atoms with van der Waals surface area (Å²) in [5.74, 6) is 0.206. The van der Waals surface area contributed by atoms with Crippen molar-refractivity contribution in [2.45, 2.75) is 22.1 Å². The predicted octanol–water partition coefficient (Wildman–Crippen LogP) is 2.98. The summed E-state index contributed by atoms with van der Waals surface area (Å²) in [6.45, 7) is 0.174. The SMILES string of the molecule is CS(=O)(=O)c1ccc(SCc2cccc(CN)c2F)cc1. The number of halogens is 1. The molecule has 0 spiro atoms. The average Bonchev–Trinajstić information content (AvgIpc) is 2.46. The molecule has 2 rings (SSSR count). The smallest absolute Gasteiger partial charge is 0.175 e. The van der Waals surface area contributed by atoms with Crippen molar-refractivity contribution in [3.63, 3.8) is 0 Å². The molecule has 0 aliphatic heterocycles. The van der Waals surface area contributed by atoms with Crippen LogP contribution in [0.1, 0.15) is 11.1 Å². The summed E-state index contributed by atoms with van der Waals surface area (Å²) in [4.78, 5) is 1.17. The van der Waals surface area contributed by atoms with E-state index in [2.05, 4.69) is 0 Å². The maximum atomic E-state index is 14.0. The second kappa shape index (κ2) is 6.60. The van der Waals surface area contributed by atoms with Gasteiger partial charge in [-0.3, -0.25) is 0 Å². The van der Waals surface area contributed by atoms with Crippen LogP contribution in [0.3, 0.4) is 0 Å². The van der Waals surface area contributed by atoms with E-state index >= 15 is 0 Å². The Hall–Kier alpha value is -1.37. The Balaban J connectivity index is 2.10. The summed E-state index contributed by atoms with van der Waals surface area (Å²) in [5, 5.41) is 0. The lowest BCUT2D eigenvalue weighted by Gasteiger charge is -2.07. The van der Waals surface area contributed by atoms with Crippen LogP contribution in [-0.4, -0.2) is 14.7 Å². The highest BCUT2D eigenvalue weighted by atomic mass is 32.2. The summed E-state index contributed by atoms with van der Waals surface area (Å²) in [7, 11) is -3.19. The third-order valence-electron chi connectivity index (χ3n) is 3.02. The average molecular weight is 325 g/mol. The van der Waals surface area contributed by atoms with Crippen LogP contribution in [-0.2, 0) is 22.1 Å². The van der Waals surface area contributed by atoms with Crippen molar-refractivity contribution in [3.8, 4) is 0 Å². The van der Waals surface area contributed by atoms with E-state index in [1.165, 1.54) is 18.0 Å². The van der Waals surface area contributed by atoms with Gasteiger partial charge in [0.25, 0.3) is 0 Å². The molecule has 0 aliphatic carbocycles. The highest BCUT2D eigenvalue weighted by molar-refractivity contribution is 7.98. The number of sulfone groups is 1. The fraction of sp³-hybridized carbons (Fsp3) is 0.200. The Bertz CT molecular complexity index is 728. The van der Waals surface area contributed by atoms with Crippen LogP contribution >= 0.6 is 11.8 Å². The molecule has 0 heterocycles. The van der Waals surface area contributed by atoms with E-state index in [1.54, 1.807) is 42.5 Å². The summed E-state index contributed by atoms with van der Waals surface area (Å²) in [6.07, 6.45) is 1.17. The molecule has 0 radical (unpaired) electrons. The molecule has 0 bridgehead atoms. The Morgan fingerprint density at radius 2 is 1.71 bits per heavy atom. The van der Waals surface area contributed by atoms with E-state index in [-0.39, 0.29) is 17.3 Å². The van der Waals surface area contributed by atoms with Gasteiger partial charge < -0.3 is 5.73 Å². The van der Waals surface area contributed by atoms with Gasteiger partial charge >= 0.3 is 0 Å². The second-order valence-corrected chi connectivity index (χ2v) is 7.69. The van der Waals surface area contributed by atoms with Gasteiger partial charge in [0, 0.05) is 29.0 Å². The van der Waals surface area contributed by atoms with E-state index in [1.807, 2.05) is 0 Å². The van der Waals surface area contributed by atoms with Crippen molar-refractivity contribution in [2.75, 3.05) is 6.26 Å². The van der Waals surface area contributed by atoms with Gasteiger partial charge in [0.1, 0.15) is 5.82 Å². The van der Waals surface area contributed by atoms with Crippen LogP contribution in [0.5, 0.6) is 0 Å². The third kappa shape index (κ3) is 4.06. The normalized spacial score (nSPS) is 11.6. The zero-order valence-corrected chi connectivity index (χ0v) is 13.2. The van der Waals surface area contributed by atoms with Gasteiger partial charge in [-0.2, -0.15) is 0 Å². The quantitative estimate of drug-likeness (QED) is 0.859. The number of hydrogen-bond acceptors (Lipinski definition) is 4. The summed E-state index contributed by atoms with van der Waals surface area (Å²) < 4.78 is 36.8. The van der Waals surface area contributed by atoms with Crippen LogP contribution < -0.4 is 5.73 Å². The van der Waals surface area contributed by atoms with E-state index < -0.39 is 9.84 Å². The molecule has 2 N–H and O–H groups in total. The number of nitrogens with two attached hydrogens (primary N) is 1. The molecule has 0 aromatic heterocycles. The minimum atomic E-state index is -3.19. The van der Waals surface area contributed by atoms with E-state index in [4.69, 9.17) is 5.73 Å². The number of benzene rings is 2. The van der Waals surface area contributed by atoms with Crippen LogP contribution in [0, 0.1) is 5.82 Å². The molecule has 0 saturated carbocycles. The first-order valence-corrected chi connectivity index (χ1v) is 9.19. The molecule has 0 fully saturated rings. The van der Waals surface area contributed by atoms with Crippen molar-refractivity contribution in [1.29, 1.82) is 0 Å². The number of rotatable bonds is 5. The lowest BCUT2D eigenvalue weighted by molar-refractivity contribution is 0.600. The molecule has 21 heavy (non-hydrogen) atoms. The monoisotopic (exact) mass is 325 g/mol. The summed E-state index contributed by atoms with van der Waals surface area (Å²) >= 11 is 1.45. The highest BCUT2D eigenvalue weighted by Gasteiger charge is 2.09. The van der Waals surface area contributed by atoms with Crippen LogP contribution in [0.15, 0.2) is 52.3 Å². The van der Waals surface area contributed by atoms with Gasteiger partial charge in [0.15, 0.2) is 9.84 Å². The molecule has 0 unspecified atom stereocenters. The van der Waals surface area contributed by atoms with Crippen LogP contribution in [0.2, 0.25) is 0 Å². The minimum absolute atomic E-state index is 0.174. The Morgan fingerprint density at radius 3 is 2.29 bits per heavy atom. The van der Waals surface area contributed by atoms with Crippen molar-refractivity contribution in [1.82, 2.24) is 0 Å². The fourth-order valence-corrected chi connectivity index (χ4v) is 3.35. The first-order chi connectivity index (χ1) is 9.91. The second-order valence-electron chi connectivity index (χ2n) is 4.63. The Labute approximate surface area is 128 Å². The van der Waals surface area contributed by atoms with Gasteiger partial charge in [-0.05, 0) is 29.8 Å². The zero-order chi connectivity index (χ0) is 15.5. The van der Waals surface area contributed by atoms with Crippen molar-refractivity contribution in [3.05, 3.63) is 59.4 Å². The van der Waals surface area contributed by atoms with Gasteiger partial charge in [0.2, 0.25) is 0 Å². The maximum Gasteiger partial charge on any atom is 0.175 e. The van der Waals surface area contributed by atoms with Gasteiger partial charge in [-0.15, -0.1) is 11.8 Å². The third-order valence-corrected chi connectivity index (χ3v) is 5.21. The van der Waals surface area contributed by atoms with Gasteiger partial charge in [0.05, 0.1) is 4.90 Å². The molecule has 0 amide bonds. The first kappa shape index (κ1) is 16.0. The molecule has 2 aromatic rings. The standard InChI is InChI=1S/C15H16FNO2S2/c1-21(18,19)14-7-5-13(6-8-14)20-10-12-4-2-3-11(9-17)15(12)16/h2-8H,9-10,17H2,1H3. The van der Waals surface area contributed by atoms with Crippen LogP contribution in [0.4, 0.5) is 4.39 Å². The van der Waals surface area contributed by atoms with E-state index in [0.717, 1.165) is 4.90 Å². The largest absolute Gasteiger partial charge is 0.326 e.